The Kier molecular flexibility index (Phi) is 3.94. The van der Waals surface area contributed by atoms with Crippen LogP contribution in [0.5, 0.6) is 0 Å². The molecule has 1 aromatic rings. The molecule has 0 atom stereocenters. The van der Waals surface area contributed by atoms with Crippen LogP contribution in [0.1, 0.15) is 11.1 Å². The second-order valence-corrected chi connectivity index (χ2v) is 2.85. The lowest BCUT2D eigenvalue weighted by atomic mass is 10.1. The van der Waals surface area contributed by atoms with E-state index in [9.17, 15) is 4.79 Å². The highest BCUT2D eigenvalue weighted by molar-refractivity contribution is 5.66. The molecule has 0 spiro atoms. The monoisotopic (exact) mass is 194 g/mol. The lowest BCUT2D eigenvalue weighted by Crippen LogP contribution is -2.18. The average molecular weight is 194 g/mol. The Hall–Kier alpha value is -1.55. The topological polar surface area (TPSA) is 64.3 Å². The predicted octanol–water partition coefficient (Wildman–Crippen LogP) is 1.00. The van der Waals surface area contributed by atoms with Crippen LogP contribution in [0.15, 0.2) is 24.3 Å². The van der Waals surface area contributed by atoms with Crippen molar-refractivity contribution >= 4 is 6.09 Å². The molecular weight excluding hydrogens is 180 g/mol. The fraction of sp³-hybridized carbons (Fsp3) is 0.300. The van der Waals surface area contributed by atoms with Gasteiger partial charge in [-0.3, -0.25) is 0 Å². The van der Waals surface area contributed by atoms with E-state index in [1.54, 1.807) is 0 Å². The van der Waals surface area contributed by atoms with E-state index >= 15 is 0 Å². The van der Waals surface area contributed by atoms with E-state index in [2.05, 4.69) is 5.32 Å². The minimum atomic E-state index is -0.423. The largest absolute Gasteiger partial charge is 0.445 e. The summed E-state index contributed by atoms with van der Waals surface area (Å²) in [4.78, 5) is 10.8. The molecule has 14 heavy (non-hydrogen) atoms. The van der Waals surface area contributed by atoms with Crippen molar-refractivity contribution in [1.29, 1.82) is 0 Å². The van der Waals surface area contributed by atoms with Gasteiger partial charge in [0.1, 0.15) is 6.61 Å². The van der Waals surface area contributed by atoms with Crippen LogP contribution >= 0.6 is 0 Å². The number of ether oxygens (including phenoxy) is 1. The number of alkyl carbamates (subject to hydrolysis) is 1. The number of amides is 1. The number of nitrogens with one attached hydrogen (secondary N) is 1. The summed E-state index contributed by atoms with van der Waals surface area (Å²) in [5, 5.41) is 2.38. The second-order valence-electron chi connectivity index (χ2n) is 2.85. The van der Waals surface area contributed by atoms with Crippen LogP contribution in [0, 0.1) is 0 Å². The van der Waals surface area contributed by atoms with Crippen LogP contribution in [-0.4, -0.2) is 13.1 Å². The van der Waals surface area contributed by atoms with Gasteiger partial charge in [0.2, 0.25) is 0 Å². The van der Waals surface area contributed by atoms with Crippen molar-refractivity contribution in [2.24, 2.45) is 5.73 Å². The molecule has 0 aliphatic heterocycles. The highest BCUT2D eigenvalue weighted by Crippen LogP contribution is 2.04. The summed E-state index contributed by atoms with van der Waals surface area (Å²) in [5.41, 5.74) is 7.46. The van der Waals surface area contributed by atoms with Gasteiger partial charge in [0.25, 0.3) is 0 Å². The van der Waals surface area contributed by atoms with E-state index in [0.717, 1.165) is 11.1 Å². The Labute approximate surface area is 83.1 Å². The molecule has 0 saturated heterocycles. The third kappa shape index (κ3) is 3.06. The molecule has 4 nitrogen and oxygen atoms in total. The maximum atomic E-state index is 10.8. The molecule has 0 saturated carbocycles. The Balaban J connectivity index is 2.47. The molecule has 0 aliphatic carbocycles. The van der Waals surface area contributed by atoms with Crippen LogP contribution in [0.3, 0.4) is 0 Å². The Morgan fingerprint density at radius 2 is 1.93 bits per heavy atom. The van der Waals surface area contributed by atoms with Gasteiger partial charge in [-0.15, -0.1) is 0 Å². The van der Waals surface area contributed by atoms with Gasteiger partial charge >= 0.3 is 6.09 Å². The minimum absolute atomic E-state index is 0.282. The van der Waals surface area contributed by atoms with Gasteiger partial charge in [-0.2, -0.15) is 0 Å². The lowest BCUT2D eigenvalue weighted by molar-refractivity contribution is 0.142. The van der Waals surface area contributed by atoms with E-state index in [1.165, 1.54) is 7.05 Å². The molecule has 0 bridgehead atoms. The summed E-state index contributed by atoms with van der Waals surface area (Å²) >= 11 is 0. The molecule has 3 N–H and O–H groups in total. The van der Waals surface area contributed by atoms with E-state index in [-0.39, 0.29) is 6.61 Å². The van der Waals surface area contributed by atoms with Crippen molar-refractivity contribution < 1.29 is 9.53 Å². The third-order valence-electron chi connectivity index (χ3n) is 1.83. The minimum Gasteiger partial charge on any atom is -0.445 e. The van der Waals surface area contributed by atoms with Crippen LogP contribution in [0.25, 0.3) is 0 Å². The zero-order valence-electron chi connectivity index (χ0n) is 8.12. The summed E-state index contributed by atoms with van der Waals surface area (Å²) < 4.78 is 4.87. The first-order valence-corrected chi connectivity index (χ1v) is 4.38. The molecule has 0 aromatic heterocycles. The van der Waals surface area contributed by atoms with E-state index in [1.807, 2.05) is 24.3 Å². The highest BCUT2D eigenvalue weighted by atomic mass is 16.5. The van der Waals surface area contributed by atoms with Crippen molar-refractivity contribution in [3.05, 3.63) is 35.4 Å². The summed E-state index contributed by atoms with van der Waals surface area (Å²) in [7, 11) is 1.53. The maximum Gasteiger partial charge on any atom is 0.407 e. The lowest BCUT2D eigenvalue weighted by Gasteiger charge is -2.04. The van der Waals surface area contributed by atoms with Crippen LogP contribution in [0.2, 0.25) is 0 Å². The number of carbonyl (C=O) groups is 1. The van der Waals surface area contributed by atoms with Gasteiger partial charge in [-0.25, -0.2) is 4.79 Å². The second kappa shape index (κ2) is 5.24. The molecule has 0 heterocycles. The molecule has 76 valence electrons. The van der Waals surface area contributed by atoms with Gasteiger partial charge in [0, 0.05) is 13.6 Å². The van der Waals surface area contributed by atoms with Crippen LogP contribution < -0.4 is 11.1 Å². The van der Waals surface area contributed by atoms with Crippen LogP contribution in [0.4, 0.5) is 4.79 Å². The first kappa shape index (κ1) is 10.5. The Morgan fingerprint density at radius 1 is 1.36 bits per heavy atom. The summed E-state index contributed by atoms with van der Waals surface area (Å²) in [6, 6.07) is 7.63. The summed E-state index contributed by atoms with van der Waals surface area (Å²) in [6.45, 7) is 0.807. The molecular formula is C10H14N2O2. The van der Waals surface area contributed by atoms with Gasteiger partial charge < -0.3 is 15.8 Å². The van der Waals surface area contributed by atoms with Crippen molar-refractivity contribution in [3.8, 4) is 0 Å². The Bertz CT molecular complexity index is 295. The zero-order valence-corrected chi connectivity index (χ0v) is 8.12. The fourth-order valence-electron chi connectivity index (χ4n) is 0.993. The van der Waals surface area contributed by atoms with Crippen molar-refractivity contribution in [2.45, 2.75) is 13.2 Å². The Morgan fingerprint density at radius 3 is 2.43 bits per heavy atom. The zero-order chi connectivity index (χ0) is 10.4. The van der Waals surface area contributed by atoms with E-state index in [0.29, 0.717) is 6.54 Å². The third-order valence-corrected chi connectivity index (χ3v) is 1.83. The fourth-order valence-corrected chi connectivity index (χ4v) is 0.993. The normalized spacial score (nSPS) is 9.57. The maximum absolute atomic E-state index is 10.8. The molecule has 1 amide bonds. The predicted molar refractivity (Wildman–Crippen MR) is 53.6 cm³/mol. The SMILES string of the molecule is CNC(=O)OCc1ccc(CN)cc1. The standard InChI is InChI=1S/C10H14N2O2/c1-12-10(13)14-7-9-4-2-8(6-11)3-5-9/h2-5H,6-7,11H2,1H3,(H,12,13). The molecule has 0 unspecified atom stereocenters. The molecule has 1 rings (SSSR count). The molecule has 0 aliphatic rings. The van der Waals surface area contributed by atoms with Gasteiger partial charge in [0.15, 0.2) is 0 Å². The number of nitrogens with two attached hydrogens (primary N) is 1. The smallest absolute Gasteiger partial charge is 0.407 e. The van der Waals surface area contributed by atoms with Gasteiger partial charge in [-0.1, -0.05) is 24.3 Å². The number of rotatable bonds is 3. The van der Waals surface area contributed by atoms with Crippen LogP contribution in [-0.2, 0) is 17.9 Å². The van der Waals surface area contributed by atoms with E-state index in [4.69, 9.17) is 10.5 Å². The number of hydrogen-bond acceptors (Lipinski definition) is 3. The molecule has 4 heteroatoms. The first-order valence-electron chi connectivity index (χ1n) is 4.38. The molecule has 0 fully saturated rings. The van der Waals surface area contributed by atoms with E-state index < -0.39 is 6.09 Å². The van der Waals surface area contributed by atoms with Crippen molar-refractivity contribution in [2.75, 3.05) is 7.05 Å². The first-order chi connectivity index (χ1) is 6.76. The number of benzene rings is 1. The summed E-state index contributed by atoms with van der Waals surface area (Å²) in [6.07, 6.45) is -0.423. The number of carbonyl (C=O) groups excluding carboxylic acids is 1. The summed E-state index contributed by atoms with van der Waals surface area (Å²) in [5.74, 6) is 0. The molecule has 0 radical (unpaired) electrons. The van der Waals surface area contributed by atoms with Crippen molar-refractivity contribution in [3.63, 3.8) is 0 Å². The molecule has 1 aromatic carbocycles. The average Bonchev–Trinajstić information content (AvgIpc) is 2.26. The van der Waals surface area contributed by atoms with Crippen molar-refractivity contribution in [1.82, 2.24) is 5.32 Å². The van der Waals surface area contributed by atoms with Gasteiger partial charge in [0.05, 0.1) is 0 Å². The number of hydrogen-bond donors (Lipinski definition) is 2. The quantitative estimate of drug-likeness (QED) is 0.754. The van der Waals surface area contributed by atoms with Gasteiger partial charge in [-0.05, 0) is 11.1 Å². The highest BCUT2D eigenvalue weighted by Gasteiger charge is 1.98.